The van der Waals surface area contributed by atoms with Crippen LogP contribution in [0.3, 0.4) is 0 Å². The lowest BCUT2D eigenvalue weighted by Gasteiger charge is -2.08. The monoisotopic (exact) mass is 233 g/mol. The molecule has 0 rings (SSSR count). The van der Waals surface area contributed by atoms with Gasteiger partial charge in [-0.25, -0.2) is 4.79 Å². The fraction of sp³-hybridized carbons (Fsp3) is 0.571. The Hall–Kier alpha value is -1.44. The molecule has 0 spiro atoms. The van der Waals surface area contributed by atoms with Crippen molar-refractivity contribution in [2.45, 2.75) is 19.9 Å². The third-order valence-electron chi connectivity index (χ3n) is 1.15. The molecular formula is C7H15N5O2S. The highest BCUT2D eigenvalue weighted by Gasteiger charge is 2.08. The number of hydrogen-bond donors (Lipinski definition) is 4. The molecule has 0 aliphatic rings. The molecule has 0 saturated heterocycles. The van der Waals surface area contributed by atoms with E-state index in [1.807, 2.05) is 0 Å². The third-order valence-corrected chi connectivity index (χ3v) is 1.96. The van der Waals surface area contributed by atoms with Crippen molar-refractivity contribution in [3.63, 3.8) is 0 Å². The van der Waals surface area contributed by atoms with Gasteiger partial charge in [0.2, 0.25) is 5.91 Å². The molecule has 7 nitrogen and oxygen atoms in total. The van der Waals surface area contributed by atoms with Gasteiger partial charge in [-0.1, -0.05) is 11.8 Å². The summed E-state index contributed by atoms with van der Waals surface area (Å²) < 4.78 is 0. The number of amides is 3. The molecule has 86 valence electrons. The van der Waals surface area contributed by atoms with E-state index >= 15 is 0 Å². The minimum Gasteiger partial charge on any atom is -0.377 e. The second-order valence-electron chi connectivity index (χ2n) is 2.93. The summed E-state index contributed by atoms with van der Waals surface area (Å²) >= 11 is 0.956. The fourth-order valence-corrected chi connectivity index (χ4v) is 1.06. The summed E-state index contributed by atoms with van der Waals surface area (Å²) in [5.74, 6) is 4.40. The van der Waals surface area contributed by atoms with Gasteiger partial charge in [0.05, 0.1) is 5.75 Å². The smallest absolute Gasteiger partial charge is 0.321 e. The minimum absolute atomic E-state index is 0.00194. The lowest BCUT2D eigenvalue weighted by molar-refractivity contribution is -0.117. The first kappa shape index (κ1) is 13.6. The maximum Gasteiger partial charge on any atom is 0.321 e. The minimum atomic E-state index is -0.529. The van der Waals surface area contributed by atoms with Gasteiger partial charge in [0, 0.05) is 6.04 Å². The first-order valence-electron chi connectivity index (χ1n) is 4.22. The number of nitrogens with one attached hydrogen (secondary N) is 2. The quantitative estimate of drug-likeness (QED) is 0.219. The molecule has 6 N–H and O–H groups in total. The molecule has 0 heterocycles. The van der Waals surface area contributed by atoms with E-state index in [2.05, 4.69) is 15.7 Å². The Labute approximate surface area is 92.0 Å². The number of hydrogen-bond acceptors (Lipinski definition) is 5. The van der Waals surface area contributed by atoms with Crippen molar-refractivity contribution in [3.05, 3.63) is 0 Å². The highest BCUT2D eigenvalue weighted by molar-refractivity contribution is 8.14. The number of nitrogens with zero attached hydrogens (tertiary/aromatic N) is 1. The Morgan fingerprint density at radius 1 is 1.47 bits per heavy atom. The Balaban J connectivity index is 3.79. The molecule has 0 aromatic carbocycles. The maximum atomic E-state index is 11.1. The highest BCUT2D eigenvalue weighted by atomic mass is 32.2. The second-order valence-corrected chi connectivity index (χ2v) is 3.93. The summed E-state index contributed by atoms with van der Waals surface area (Å²) in [5, 5.41) is 7.90. The van der Waals surface area contributed by atoms with Crippen molar-refractivity contribution in [3.8, 4) is 0 Å². The van der Waals surface area contributed by atoms with Gasteiger partial charge in [0.25, 0.3) is 0 Å². The van der Waals surface area contributed by atoms with Crippen LogP contribution in [-0.4, -0.2) is 28.9 Å². The van der Waals surface area contributed by atoms with E-state index in [0.29, 0.717) is 0 Å². The number of amidine groups is 1. The number of carbonyl (C=O) groups is 2. The molecule has 15 heavy (non-hydrogen) atoms. The lowest BCUT2D eigenvalue weighted by Crippen LogP contribution is -2.43. The standard InChI is InChI=1S/C7H15N5O2S/c1-4(2)10-7(14)11-5(13)3-15-6(8)12-9/h4H,3,9H2,1-2H3,(H2,8,12)(H2,10,11,13,14). The number of carbonyl (C=O) groups excluding carboxylic acids is 2. The zero-order valence-electron chi connectivity index (χ0n) is 8.61. The maximum absolute atomic E-state index is 11.1. The van der Waals surface area contributed by atoms with E-state index in [4.69, 9.17) is 11.6 Å². The molecule has 0 aliphatic carbocycles. The van der Waals surface area contributed by atoms with Crippen molar-refractivity contribution in [2.75, 3.05) is 5.75 Å². The number of thioether (sulfide) groups is 1. The van der Waals surface area contributed by atoms with Gasteiger partial charge in [-0.3, -0.25) is 10.1 Å². The van der Waals surface area contributed by atoms with Crippen LogP contribution in [0.5, 0.6) is 0 Å². The summed E-state index contributed by atoms with van der Waals surface area (Å²) in [6.07, 6.45) is 0. The van der Waals surface area contributed by atoms with Gasteiger partial charge >= 0.3 is 6.03 Å². The molecule has 0 aromatic heterocycles. The Bertz CT molecular complexity index is 266. The van der Waals surface area contributed by atoms with Crippen LogP contribution in [0.1, 0.15) is 13.8 Å². The van der Waals surface area contributed by atoms with Gasteiger partial charge in [-0.05, 0) is 13.8 Å². The van der Waals surface area contributed by atoms with Gasteiger partial charge in [-0.2, -0.15) is 5.10 Å². The first-order chi connectivity index (χ1) is 6.95. The number of imide groups is 1. The SMILES string of the molecule is CC(C)NC(=O)NC(=O)CSC(N)=NN. The summed E-state index contributed by atoms with van der Waals surface area (Å²) in [6.45, 7) is 3.58. The van der Waals surface area contributed by atoms with Crippen LogP contribution >= 0.6 is 11.8 Å². The first-order valence-corrected chi connectivity index (χ1v) is 5.20. The van der Waals surface area contributed by atoms with Crippen molar-refractivity contribution < 1.29 is 9.59 Å². The molecule has 0 unspecified atom stereocenters. The summed E-state index contributed by atoms with van der Waals surface area (Å²) in [4.78, 5) is 22.2. The zero-order valence-corrected chi connectivity index (χ0v) is 9.43. The molecule has 0 aliphatic heterocycles. The number of urea groups is 1. The lowest BCUT2D eigenvalue weighted by atomic mass is 10.4. The van der Waals surface area contributed by atoms with Crippen LogP contribution in [0.4, 0.5) is 4.79 Å². The topological polar surface area (TPSA) is 123 Å². The number of rotatable bonds is 3. The molecule has 0 bridgehead atoms. The van der Waals surface area contributed by atoms with Crippen molar-refractivity contribution in [2.24, 2.45) is 16.7 Å². The molecule has 0 atom stereocenters. The summed E-state index contributed by atoms with van der Waals surface area (Å²) in [7, 11) is 0. The molecule has 8 heteroatoms. The van der Waals surface area contributed by atoms with Crippen molar-refractivity contribution >= 4 is 28.9 Å². The van der Waals surface area contributed by atoms with Crippen molar-refractivity contribution in [1.82, 2.24) is 10.6 Å². The van der Waals surface area contributed by atoms with Gasteiger partial charge in [0.1, 0.15) is 0 Å². The predicted molar refractivity (Wildman–Crippen MR) is 60.1 cm³/mol. The average Bonchev–Trinajstić information content (AvgIpc) is 2.12. The fourth-order valence-electron chi connectivity index (χ4n) is 0.638. The van der Waals surface area contributed by atoms with Crippen LogP contribution < -0.4 is 22.2 Å². The number of nitrogens with two attached hydrogens (primary N) is 2. The number of hydrazone groups is 1. The van der Waals surface area contributed by atoms with Crippen LogP contribution in [0.2, 0.25) is 0 Å². The van der Waals surface area contributed by atoms with E-state index in [1.54, 1.807) is 13.8 Å². The molecule has 0 fully saturated rings. The van der Waals surface area contributed by atoms with E-state index in [9.17, 15) is 9.59 Å². The second kappa shape index (κ2) is 6.93. The van der Waals surface area contributed by atoms with Crippen LogP contribution in [0, 0.1) is 0 Å². The van der Waals surface area contributed by atoms with Crippen molar-refractivity contribution in [1.29, 1.82) is 0 Å². The molecule has 3 amide bonds. The van der Waals surface area contributed by atoms with E-state index in [1.165, 1.54) is 0 Å². The predicted octanol–water partition coefficient (Wildman–Crippen LogP) is -0.858. The third kappa shape index (κ3) is 7.62. The largest absolute Gasteiger partial charge is 0.377 e. The van der Waals surface area contributed by atoms with E-state index in [-0.39, 0.29) is 17.0 Å². The van der Waals surface area contributed by atoms with Crippen LogP contribution in [-0.2, 0) is 4.79 Å². The molecule has 0 aromatic rings. The van der Waals surface area contributed by atoms with E-state index in [0.717, 1.165) is 11.8 Å². The normalized spacial score (nSPS) is 11.3. The molecular weight excluding hydrogens is 218 g/mol. The average molecular weight is 233 g/mol. The molecule has 0 saturated carbocycles. The van der Waals surface area contributed by atoms with Gasteiger partial charge in [0.15, 0.2) is 5.17 Å². The Morgan fingerprint density at radius 2 is 2.07 bits per heavy atom. The zero-order chi connectivity index (χ0) is 11.8. The summed E-state index contributed by atoms with van der Waals surface area (Å²) in [6, 6.07) is -0.556. The van der Waals surface area contributed by atoms with Gasteiger partial charge < -0.3 is 16.9 Å². The summed E-state index contributed by atoms with van der Waals surface area (Å²) in [5.41, 5.74) is 5.24. The van der Waals surface area contributed by atoms with Crippen LogP contribution in [0.25, 0.3) is 0 Å². The van der Waals surface area contributed by atoms with Crippen LogP contribution in [0.15, 0.2) is 5.10 Å². The Kier molecular flexibility index (Phi) is 6.27. The van der Waals surface area contributed by atoms with Gasteiger partial charge in [-0.15, -0.1) is 0 Å². The van der Waals surface area contributed by atoms with E-state index < -0.39 is 11.9 Å². The highest BCUT2D eigenvalue weighted by Crippen LogP contribution is 1.97. The Morgan fingerprint density at radius 3 is 2.53 bits per heavy atom. The molecule has 0 radical (unpaired) electrons.